The largest absolute Gasteiger partial charge is 0.320 e. The molecule has 1 aromatic rings. The van der Waals surface area contributed by atoms with Crippen molar-refractivity contribution in [3.8, 4) is 0 Å². The Morgan fingerprint density at radius 3 is 2.86 bits per heavy atom. The standard InChI is InChI=1S/C16H22N4O/c21-16-19(10-14-3-1-2-6-17-14)12-15-11-18(7-8-20(15)16)9-13-4-5-13/h1-3,6,13,15H,4-5,7-12H2/t15-/m1/s1. The minimum absolute atomic E-state index is 0.191. The van der Waals surface area contributed by atoms with E-state index in [2.05, 4.69) is 14.8 Å². The number of fused-ring (bicyclic) bond motifs is 1. The Bertz CT molecular complexity index is 516. The number of pyridine rings is 1. The molecule has 2 aliphatic heterocycles. The van der Waals surface area contributed by atoms with E-state index in [1.54, 1.807) is 6.20 Å². The van der Waals surface area contributed by atoms with Gasteiger partial charge in [0.2, 0.25) is 0 Å². The maximum Gasteiger partial charge on any atom is 0.320 e. The number of hydrogen-bond donors (Lipinski definition) is 0. The minimum atomic E-state index is 0.191. The summed E-state index contributed by atoms with van der Waals surface area (Å²) >= 11 is 0. The molecule has 3 heterocycles. The van der Waals surface area contributed by atoms with E-state index in [1.807, 2.05) is 23.1 Å². The molecule has 21 heavy (non-hydrogen) atoms. The fraction of sp³-hybridized carbons (Fsp3) is 0.625. The molecular weight excluding hydrogens is 264 g/mol. The van der Waals surface area contributed by atoms with Crippen molar-refractivity contribution in [1.82, 2.24) is 19.7 Å². The van der Waals surface area contributed by atoms with Gasteiger partial charge in [0.1, 0.15) is 0 Å². The summed E-state index contributed by atoms with van der Waals surface area (Å²) in [5, 5.41) is 0. The summed E-state index contributed by atoms with van der Waals surface area (Å²) in [6, 6.07) is 6.44. The molecule has 1 aromatic heterocycles. The van der Waals surface area contributed by atoms with Crippen LogP contribution in [0.15, 0.2) is 24.4 Å². The number of amides is 2. The van der Waals surface area contributed by atoms with Gasteiger partial charge in [-0.1, -0.05) is 6.07 Å². The maximum atomic E-state index is 12.5. The van der Waals surface area contributed by atoms with E-state index in [1.165, 1.54) is 19.4 Å². The van der Waals surface area contributed by atoms with Crippen molar-refractivity contribution in [2.24, 2.45) is 5.92 Å². The number of hydrogen-bond acceptors (Lipinski definition) is 3. The normalized spacial score (nSPS) is 26.3. The third-order valence-corrected chi connectivity index (χ3v) is 4.81. The zero-order valence-corrected chi connectivity index (χ0v) is 12.3. The number of urea groups is 1. The highest BCUT2D eigenvalue weighted by molar-refractivity contribution is 5.77. The highest BCUT2D eigenvalue weighted by atomic mass is 16.2. The summed E-state index contributed by atoms with van der Waals surface area (Å²) < 4.78 is 0. The van der Waals surface area contributed by atoms with Gasteiger partial charge >= 0.3 is 6.03 Å². The second-order valence-electron chi connectivity index (χ2n) is 6.53. The van der Waals surface area contributed by atoms with Crippen LogP contribution in [-0.4, -0.2) is 64.5 Å². The third kappa shape index (κ3) is 2.75. The van der Waals surface area contributed by atoms with Gasteiger partial charge in [-0.3, -0.25) is 9.88 Å². The lowest BCUT2D eigenvalue weighted by atomic mass is 10.2. The van der Waals surface area contributed by atoms with Gasteiger partial charge in [0.15, 0.2) is 0 Å². The molecule has 0 aromatic carbocycles. The van der Waals surface area contributed by atoms with Crippen LogP contribution in [0.1, 0.15) is 18.5 Å². The maximum absolute atomic E-state index is 12.5. The molecule has 0 N–H and O–H groups in total. The van der Waals surface area contributed by atoms with Gasteiger partial charge in [0.05, 0.1) is 18.3 Å². The fourth-order valence-corrected chi connectivity index (χ4v) is 3.49. The van der Waals surface area contributed by atoms with Crippen LogP contribution >= 0.6 is 0 Å². The molecule has 5 nitrogen and oxygen atoms in total. The first-order chi connectivity index (χ1) is 10.3. The van der Waals surface area contributed by atoms with E-state index < -0.39 is 0 Å². The second kappa shape index (κ2) is 5.30. The number of piperazine rings is 1. The predicted octanol–water partition coefficient (Wildman–Crippen LogP) is 1.41. The van der Waals surface area contributed by atoms with Crippen molar-refractivity contribution >= 4 is 6.03 Å². The van der Waals surface area contributed by atoms with Gasteiger partial charge in [0, 0.05) is 38.9 Å². The molecule has 0 unspecified atom stereocenters. The minimum Gasteiger partial charge on any atom is -0.317 e. The number of nitrogens with zero attached hydrogens (tertiary/aromatic N) is 4. The number of rotatable bonds is 4. The van der Waals surface area contributed by atoms with E-state index in [0.717, 1.165) is 37.8 Å². The van der Waals surface area contributed by atoms with Crippen molar-refractivity contribution < 1.29 is 4.79 Å². The van der Waals surface area contributed by atoms with Gasteiger partial charge in [-0.15, -0.1) is 0 Å². The zero-order chi connectivity index (χ0) is 14.2. The molecule has 1 saturated carbocycles. The summed E-state index contributed by atoms with van der Waals surface area (Å²) in [6.07, 6.45) is 4.59. The average molecular weight is 286 g/mol. The molecule has 3 aliphatic rings. The SMILES string of the molecule is O=C1N(Cc2ccccn2)C[C@H]2CN(CC3CC3)CCN12. The topological polar surface area (TPSA) is 39.7 Å². The third-order valence-electron chi connectivity index (χ3n) is 4.81. The van der Waals surface area contributed by atoms with Crippen LogP contribution < -0.4 is 0 Å². The number of aromatic nitrogens is 1. The Morgan fingerprint density at radius 2 is 2.10 bits per heavy atom. The Kier molecular flexibility index (Phi) is 3.30. The molecule has 112 valence electrons. The summed E-state index contributed by atoms with van der Waals surface area (Å²) in [5.74, 6) is 0.929. The molecule has 1 atom stereocenters. The van der Waals surface area contributed by atoms with Crippen LogP contribution in [0.25, 0.3) is 0 Å². The van der Waals surface area contributed by atoms with E-state index in [-0.39, 0.29) is 6.03 Å². The van der Waals surface area contributed by atoms with E-state index in [4.69, 9.17) is 0 Å². The molecule has 0 bridgehead atoms. The first-order valence-electron chi connectivity index (χ1n) is 7.97. The Balaban J connectivity index is 1.39. The molecule has 0 radical (unpaired) electrons. The molecule has 5 heteroatoms. The molecular formula is C16H22N4O. The lowest BCUT2D eigenvalue weighted by Crippen LogP contribution is -2.52. The molecule has 1 aliphatic carbocycles. The van der Waals surface area contributed by atoms with Gasteiger partial charge < -0.3 is 9.80 Å². The summed E-state index contributed by atoms with van der Waals surface area (Å²) in [6.45, 7) is 5.68. The Labute approximate surface area is 125 Å². The first-order valence-corrected chi connectivity index (χ1v) is 7.97. The molecule has 2 saturated heterocycles. The lowest BCUT2D eigenvalue weighted by molar-refractivity contribution is 0.117. The molecule has 2 amide bonds. The van der Waals surface area contributed by atoms with Crippen LogP contribution in [-0.2, 0) is 6.54 Å². The smallest absolute Gasteiger partial charge is 0.317 e. The summed E-state index contributed by atoms with van der Waals surface area (Å²) in [4.78, 5) is 23.4. The van der Waals surface area contributed by atoms with Crippen LogP contribution in [0, 0.1) is 5.92 Å². The molecule has 4 rings (SSSR count). The van der Waals surface area contributed by atoms with Crippen molar-refractivity contribution in [1.29, 1.82) is 0 Å². The quantitative estimate of drug-likeness (QED) is 0.840. The Morgan fingerprint density at radius 1 is 1.19 bits per heavy atom. The van der Waals surface area contributed by atoms with Crippen molar-refractivity contribution in [2.75, 3.05) is 32.7 Å². The summed E-state index contributed by atoms with van der Waals surface area (Å²) in [7, 11) is 0. The molecule has 0 spiro atoms. The second-order valence-corrected chi connectivity index (χ2v) is 6.53. The van der Waals surface area contributed by atoms with Gasteiger partial charge in [-0.05, 0) is 30.9 Å². The van der Waals surface area contributed by atoms with Gasteiger partial charge in [-0.25, -0.2) is 4.79 Å². The monoisotopic (exact) mass is 286 g/mol. The Hall–Kier alpha value is -1.62. The van der Waals surface area contributed by atoms with Crippen molar-refractivity contribution in [2.45, 2.75) is 25.4 Å². The van der Waals surface area contributed by atoms with Gasteiger partial charge in [-0.2, -0.15) is 0 Å². The molecule has 3 fully saturated rings. The van der Waals surface area contributed by atoms with Crippen molar-refractivity contribution in [3.63, 3.8) is 0 Å². The van der Waals surface area contributed by atoms with Crippen molar-refractivity contribution in [3.05, 3.63) is 30.1 Å². The van der Waals surface area contributed by atoms with E-state index in [0.29, 0.717) is 12.6 Å². The van der Waals surface area contributed by atoms with Crippen LogP contribution in [0.2, 0.25) is 0 Å². The summed E-state index contributed by atoms with van der Waals surface area (Å²) in [5.41, 5.74) is 0.973. The predicted molar refractivity (Wildman–Crippen MR) is 79.7 cm³/mol. The van der Waals surface area contributed by atoms with Crippen LogP contribution in [0.5, 0.6) is 0 Å². The van der Waals surface area contributed by atoms with E-state index in [9.17, 15) is 4.79 Å². The van der Waals surface area contributed by atoms with Crippen LogP contribution in [0.4, 0.5) is 4.79 Å². The lowest BCUT2D eigenvalue weighted by Gasteiger charge is -2.36. The highest BCUT2D eigenvalue weighted by Gasteiger charge is 2.41. The zero-order valence-electron chi connectivity index (χ0n) is 12.3. The first kappa shape index (κ1) is 13.1. The number of carbonyl (C=O) groups is 1. The van der Waals surface area contributed by atoms with Gasteiger partial charge in [0.25, 0.3) is 0 Å². The average Bonchev–Trinajstić information content (AvgIpc) is 3.26. The fourth-order valence-electron chi connectivity index (χ4n) is 3.49. The number of carbonyl (C=O) groups excluding carboxylic acids is 1. The van der Waals surface area contributed by atoms with E-state index >= 15 is 0 Å². The highest BCUT2D eigenvalue weighted by Crippen LogP contribution is 2.31. The van der Waals surface area contributed by atoms with Crippen LogP contribution in [0.3, 0.4) is 0 Å².